The summed E-state index contributed by atoms with van der Waals surface area (Å²) in [5, 5.41) is 12.6. The minimum atomic E-state index is -0.350. The molecule has 0 bridgehead atoms. The van der Waals surface area contributed by atoms with Crippen LogP contribution in [0.4, 0.5) is 11.4 Å². The number of carbonyl (C=O) groups is 2. The van der Waals surface area contributed by atoms with Gasteiger partial charge in [-0.3, -0.25) is 9.59 Å². The molecule has 2 amide bonds. The number of amides is 2. The predicted molar refractivity (Wildman–Crippen MR) is 97.7 cm³/mol. The summed E-state index contributed by atoms with van der Waals surface area (Å²) in [6, 6.07) is 13.8. The van der Waals surface area contributed by atoms with Gasteiger partial charge in [-0.25, -0.2) is 4.99 Å². The van der Waals surface area contributed by atoms with Crippen LogP contribution in [0.5, 0.6) is 5.75 Å². The number of thioether (sulfide) groups is 1. The molecule has 0 unspecified atom stereocenters. The maximum absolute atomic E-state index is 12.6. The Labute approximate surface area is 147 Å². The van der Waals surface area contributed by atoms with Crippen molar-refractivity contribution in [3.63, 3.8) is 0 Å². The van der Waals surface area contributed by atoms with E-state index in [1.807, 2.05) is 24.3 Å². The van der Waals surface area contributed by atoms with Gasteiger partial charge < -0.3 is 15.3 Å². The fourth-order valence-corrected chi connectivity index (χ4v) is 3.74. The zero-order valence-corrected chi connectivity index (χ0v) is 14.0. The number of phenols is 1. The fourth-order valence-electron chi connectivity index (χ4n) is 2.81. The van der Waals surface area contributed by atoms with Gasteiger partial charge in [0.25, 0.3) is 11.8 Å². The number of para-hydroxylation sites is 1. The number of phenolic OH excluding ortho intramolecular Hbond substituents is 1. The topological polar surface area (TPSA) is 82.0 Å². The molecule has 2 aliphatic rings. The van der Waals surface area contributed by atoms with E-state index in [2.05, 4.69) is 10.3 Å². The van der Waals surface area contributed by atoms with Crippen molar-refractivity contribution in [2.75, 3.05) is 11.9 Å². The summed E-state index contributed by atoms with van der Waals surface area (Å²) in [5.74, 6) is -0.467. The van der Waals surface area contributed by atoms with Crippen LogP contribution < -0.4 is 10.2 Å². The van der Waals surface area contributed by atoms with Crippen molar-refractivity contribution in [1.29, 1.82) is 0 Å². The molecule has 4 rings (SSSR count). The highest BCUT2D eigenvalue weighted by atomic mass is 32.2. The highest BCUT2D eigenvalue weighted by Crippen LogP contribution is 2.42. The molecule has 6 nitrogen and oxygen atoms in total. The third-order valence-corrected chi connectivity index (χ3v) is 4.95. The second kappa shape index (κ2) is 5.78. The van der Waals surface area contributed by atoms with Gasteiger partial charge in [-0.05, 0) is 30.0 Å². The van der Waals surface area contributed by atoms with Crippen molar-refractivity contribution < 1.29 is 14.7 Å². The van der Waals surface area contributed by atoms with Crippen LogP contribution in [0.1, 0.15) is 5.56 Å². The molecule has 124 valence electrons. The molecule has 0 aromatic heterocycles. The van der Waals surface area contributed by atoms with Crippen molar-refractivity contribution in [2.24, 2.45) is 4.99 Å². The Morgan fingerprint density at radius 2 is 1.92 bits per heavy atom. The molecule has 1 fully saturated rings. The fraction of sp³-hybridized carbons (Fsp3) is 0.0556. The number of amidine groups is 1. The van der Waals surface area contributed by atoms with Crippen LogP contribution >= 0.6 is 11.8 Å². The van der Waals surface area contributed by atoms with E-state index in [1.165, 1.54) is 11.0 Å². The Balaban J connectivity index is 1.76. The lowest BCUT2D eigenvalue weighted by atomic mass is 10.1. The SMILES string of the molecule is CN1C(=O)C(=C2SC(=Nc3cccc(O)c3)NC2=O)c2ccccc21. The highest BCUT2D eigenvalue weighted by molar-refractivity contribution is 8.18. The van der Waals surface area contributed by atoms with E-state index in [-0.39, 0.29) is 17.6 Å². The summed E-state index contributed by atoms with van der Waals surface area (Å²) in [7, 11) is 1.69. The van der Waals surface area contributed by atoms with E-state index in [0.717, 1.165) is 23.0 Å². The number of hydrogen-bond acceptors (Lipinski definition) is 5. The van der Waals surface area contributed by atoms with Gasteiger partial charge in [0.1, 0.15) is 5.75 Å². The van der Waals surface area contributed by atoms with E-state index in [0.29, 0.717) is 21.3 Å². The molecular formula is C18H13N3O3S. The summed E-state index contributed by atoms with van der Waals surface area (Å²) >= 11 is 1.13. The van der Waals surface area contributed by atoms with E-state index >= 15 is 0 Å². The number of likely N-dealkylation sites (N-methyl/N-ethyl adjacent to an activating group) is 1. The largest absolute Gasteiger partial charge is 0.508 e. The van der Waals surface area contributed by atoms with Gasteiger partial charge in [0.15, 0.2) is 5.17 Å². The number of fused-ring (bicyclic) bond motifs is 1. The van der Waals surface area contributed by atoms with Crippen LogP contribution in [0.15, 0.2) is 58.4 Å². The van der Waals surface area contributed by atoms with E-state index < -0.39 is 0 Å². The average Bonchev–Trinajstić information content (AvgIpc) is 3.06. The molecule has 2 heterocycles. The first-order chi connectivity index (χ1) is 12.0. The van der Waals surface area contributed by atoms with Crippen LogP contribution in [-0.4, -0.2) is 29.1 Å². The zero-order chi connectivity index (χ0) is 17.6. The molecule has 2 aliphatic heterocycles. The third kappa shape index (κ3) is 2.58. The Bertz CT molecular complexity index is 981. The first kappa shape index (κ1) is 15.5. The number of aromatic hydroxyl groups is 1. The minimum Gasteiger partial charge on any atom is -0.508 e. The van der Waals surface area contributed by atoms with Crippen LogP contribution in [0.3, 0.4) is 0 Å². The van der Waals surface area contributed by atoms with Crippen molar-refractivity contribution in [1.82, 2.24) is 5.32 Å². The van der Waals surface area contributed by atoms with Gasteiger partial charge in [0.2, 0.25) is 0 Å². The summed E-state index contributed by atoms with van der Waals surface area (Å²) in [6.07, 6.45) is 0. The number of benzene rings is 2. The van der Waals surface area contributed by atoms with Crippen LogP contribution in [-0.2, 0) is 9.59 Å². The maximum atomic E-state index is 12.6. The van der Waals surface area contributed by atoms with E-state index in [9.17, 15) is 14.7 Å². The standard InChI is InChI=1S/C18H13N3O3S/c1-21-13-8-3-2-7-12(13)14(17(21)24)15-16(23)20-18(25-15)19-10-5-4-6-11(22)9-10/h2-9,22H,1H3,(H,19,20,23). The maximum Gasteiger partial charge on any atom is 0.264 e. The molecule has 2 aromatic carbocycles. The lowest BCUT2D eigenvalue weighted by Crippen LogP contribution is -2.23. The molecule has 0 aliphatic carbocycles. The lowest BCUT2D eigenvalue weighted by molar-refractivity contribution is -0.116. The molecule has 2 N–H and O–H groups in total. The summed E-state index contributed by atoms with van der Waals surface area (Å²) < 4.78 is 0. The second-order valence-corrected chi connectivity index (χ2v) is 6.58. The Morgan fingerprint density at radius 3 is 2.72 bits per heavy atom. The molecule has 0 radical (unpaired) electrons. The van der Waals surface area contributed by atoms with Crippen LogP contribution in [0, 0.1) is 0 Å². The lowest BCUT2D eigenvalue weighted by Gasteiger charge is -2.08. The second-order valence-electron chi connectivity index (χ2n) is 5.58. The zero-order valence-electron chi connectivity index (χ0n) is 13.2. The number of hydrogen-bond donors (Lipinski definition) is 2. The normalized spacial score (nSPS) is 21.0. The van der Waals surface area contributed by atoms with Gasteiger partial charge >= 0.3 is 0 Å². The summed E-state index contributed by atoms with van der Waals surface area (Å²) in [5.41, 5.74) is 2.43. The van der Waals surface area contributed by atoms with Crippen molar-refractivity contribution >= 4 is 45.7 Å². The summed E-state index contributed by atoms with van der Waals surface area (Å²) in [6.45, 7) is 0. The number of aliphatic imine (C=N–C) groups is 1. The Kier molecular flexibility index (Phi) is 3.58. The van der Waals surface area contributed by atoms with Gasteiger partial charge in [0.05, 0.1) is 21.9 Å². The number of rotatable bonds is 1. The van der Waals surface area contributed by atoms with Gasteiger partial charge in [0, 0.05) is 18.7 Å². The van der Waals surface area contributed by atoms with E-state index in [4.69, 9.17) is 0 Å². The first-order valence-corrected chi connectivity index (χ1v) is 8.35. The number of nitrogens with one attached hydrogen (secondary N) is 1. The van der Waals surface area contributed by atoms with Crippen molar-refractivity contribution in [3.05, 3.63) is 59.0 Å². The smallest absolute Gasteiger partial charge is 0.264 e. The van der Waals surface area contributed by atoms with Crippen LogP contribution in [0.25, 0.3) is 5.57 Å². The first-order valence-electron chi connectivity index (χ1n) is 7.53. The molecule has 0 saturated carbocycles. The monoisotopic (exact) mass is 351 g/mol. The predicted octanol–water partition coefficient (Wildman–Crippen LogP) is 2.63. The highest BCUT2D eigenvalue weighted by Gasteiger charge is 2.37. The van der Waals surface area contributed by atoms with Gasteiger partial charge in [-0.2, -0.15) is 0 Å². The minimum absolute atomic E-state index is 0.0938. The van der Waals surface area contributed by atoms with E-state index in [1.54, 1.807) is 25.2 Å². The Hall–Kier alpha value is -3.06. The molecule has 25 heavy (non-hydrogen) atoms. The number of anilines is 1. The quantitative estimate of drug-likeness (QED) is 0.774. The molecule has 1 saturated heterocycles. The molecule has 0 atom stereocenters. The molecular weight excluding hydrogens is 338 g/mol. The molecule has 2 aromatic rings. The molecule has 7 heteroatoms. The third-order valence-electron chi connectivity index (χ3n) is 3.97. The number of nitrogens with zero attached hydrogens (tertiary/aromatic N) is 2. The molecule has 0 spiro atoms. The Morgan fingerprint density at radius 1 is 1.12 bits per heavy atom. The van der Waals surface area contributed by atoms with Crippen molar-refractivity contribution in [3.8, 4) is 5.75 Å². The van der Waals surface area contributed by atoms with Gasteiger partial charge in [-0.1, -0.05) is 24.3 Å². The van der Waals surface area contributed by atoms with Crippen molar-refractivity contribution in [2.45, 2.75) is 0 Å². The van der Waals surface area contributed by atoms with Gasteiger partial charge in [-0.15, -0.1) is 0 Å². The number of carbonyl (C=O) groups excluding carboxylic acids is 2. The van der Waals surface area contributed by atoms with Crippen LogP contribution in [0.2, 0.25) is 0 Å². The average molecular weight is 351 g/mol. The summed E-state index contributed by atoms with van der Waals surface area (Å²) in [4.78, 5) is 31.2.